The zero-order chi connectivity index (χ0) is 50.0. The van der Waals surface area contributed by atoms with Crippen LogP contribution in [0.1, 0.15) is 76.8 Å². The summed E-state index contributed by atoms with van der Waals surface area (Å²) >= 11 is 0. The molecule has 68 heavy (non-hydrogen) atoms. The highest BCUT2D eigenvalue weighted by Gasteiger charge is 2.48. The number of carboxylic acids is 1. The third kappa shape index (κ3) is 16.2. The number of likely N-dealkylation sites (N-methyl/N-ethyl adjacent to an activating group) is 1. The minimum atomic E-state index is -4.80. The second-order valence-electron chi connectivity index (χ2n) is 16.7. The Labute approximate surface area is 401 Å². The van der Waals surface area contributed by atoms with Crippen LogP contribution in [-0.4, -0.2) is 146 Å². The predicted octanol–water partition coefficient (Wildman–Crippen LogP) is 5.27. The third-order valence-electron chi connectivity index (χ3n) is 11.9. The summed E-state index contributed by atoms with van der Waals surface area (Å²) < 4.78 is 137. The van der Waals surface area contributed by atoms with Crippen molar-refractivity contribution in [1.82, 2.24) is 0 Å². The molecule has 0 aromatic heterocycles. The summed E-state index contributed by atoms with van der Waals surface area (Å²) in [5.74, 6) is -1.50. The fraction of sp³-hybridized carbons (Fsp3) is 0.532. The number of unbranched alkanes of at least 4 members (excludes halogenated alkanes) is 2. The van der Waals surface area contributed by atoms with Crippen molar-refractivity contribution in [2.75, 3.05) is 90.3 Å². The van der Waals surface area contributed by atoms with Gasteiger partial charge < -0.3 is 47.3 Å². The van der Waals surface area contributed by atoms with Gasteiger partial charge in [-0.15, -0.1) is 0 Å². The maximum Gasteiger partial charge on any atom is 0.303 e. The molecule has 0 saturated carbocycles. The quantitative estimate of drug-likeness (QED) is 0.0423. The molecule has 2 unspecified atom stereocenters. The van der Waals surface area contributed by atoms with E-state index >= 15 is 0 Å². The van der Waals surface area contributed by atoms with Crippen LogP contribution in [0.4, 0.5) is 11.4 Å². The average molecular weight is 1010 g/mol. The van der Waals surface area contributed by atoms with E-state index in [0.717, 1.165) is 11.4 Å². The first kappa shape index (κ1) is 56.5. The monoisotopic (exact) mass is 1010 g/mol. The largest absolute Gasteiger partial charge is 0.748 e. The second-order valence-corrected chi connectivity index (χ2v) is 20.9. The molecule has 0 spiro atoms. The Bertz CT molecular complexity index is 2520. The Balaban J connectivity index is 1.57. The standard InChI is InChI=1S/C47H66N2O16S3/c1-5-48-41-20-18-37(67(55,56)57)35-39(41)46(2,22-14-34-66(52,53)54)43(48)15-10-7-6-8-11-16-44-47(3,23-25-62-28-29-64-32-33-65-31-30-63-27-26-61-4)40-36-38(68(58,59)60)19-21-42(40)49(44)24-13-9-12-17-45(50)51/h6-8,10-11,15-16,18-21,35-36H,5,9,12-14,17,22-34H2,1-4H3,(H3-,50,51,52,53,54,55,56,57,58,59,60)/p-2. The van der Waals surface area contributed by atoms with Crippen LogP contribution in [0.15, 0.2) is 94.4 Å². The molecule has 2 aromatic carbocycles. The zero-order valence-electron chi connectivity index (χ0n) is 39.1. The van der Waals surface area contributed by atoms with Crippen molar-refractivity contribution >= 4 is 53.4 Å². The number of anilines is 1. The van der Waals surface area contributed by atoms with Gasteiger partial charge in [-0.25, -0.2) is 25.3 Å². The Morgan fingerprint density at radius 3 is 1.82 bits per heavy atom. The minimum absolute atomic E-state index is 0.00159. The van der Waals surface area contributed by atoms with E-state index in [1.807, 2.05) is 43.9 Å². The van der Waals surface area contributed by atoms with Crippen molar-refractivity contribution in [3.05, 3.63) is 95.8 Å². The van der Waals surface area contributed by atoms with Crippen LogP contribution in [0, 0.1) is 0 Å². The lowest BCUT2D eigenvalue weighted by Gasteiger charge is -2.30. The molecule has 2 aliphatic rings. The topological polar surface area (TPSA) is 261 Å². The van der Waals surface area contributed by atoms with Crippen molar-refractivity contribution in [2.24, 2.45) is 0 Å². The number of carboxylic acid groups (broad SMARTS) is 1. The van der Waals surface area contributed by atoms with E-state index in [2.05, 4.69) is 4.58 Å². The molecule has 2 heterocycles. The first-order valence-corrected chi connectivity index (χ1v) is 26.9. The van der Waals surface area contributed by atoms with Gasteiger partial charge in [0.25, 0.3) is 0 Å². The van der Waals surface area contributed by atoms with Gasteiger partial charge in [0, 0.05) is 73.4 Å². The summed E-state index contributed by atoms with van der Waals surface area (Å²) in [6.45, 7) is 10.1. The van der Waals surface area contributed by atoms with Gasteiger partial charge in [-0.3, -0.25) is 4.79 Å². The SMILES string of the molecule is CCN1/C(=C/C=C/C=C/C=C/C2=[N+](CCCCCC(=O)O)c3ccc(S(=O)(=O)[O-])cc3C2(C)CCOCCOCCOCCOCCOC)C(C)(CCCS(=O)(=O)[O-])c2cc(S(=O)(=O)[O-])ccc21. The molecule has 0 saturated heterocycles. The summed E-state index contributed by atoms with van der Waals surface area (Å²) in [6.07, 6.45) is 15.0. The maximum atomic E-state index is 12.3. The van der Waals surface area contributed by atoms with Crippen LogP contribution in [0.3, 0.4) is 0 Å². The number of hydrogen-bond donors (Lipinski definition) is 1. The highest BCUT2D eigenvalue weighted by atomic mass is 32.2. The lowest BCUT2D eigenvalue weighted by Crippen LogP contribution is -2.33. The Kier molecular flexibility index (Phi) is 21.7. The van der Waals surface area contributed by atoms with Gasteiger partial charge in [0.2, 0.25) is 5.69 Å². The van der Waals surface area contributed by atoms with E-state index in [4.69, 9.17) is 23.7 Å². The van der Waals surface area contributed by atoms with Crippen LogP contribution < -0.4 is 4.90 Å². The Hall–Kier alpha value is -4.13. The van der Waals surface area contributed by atoms with Gasteiger partial charge in [0.15, 0.2) is 5.71 Å². The molecule has 1 N–H and O–H groups in total. The average Bonchev–Trinajstić information content (AvgIpc) is 3.64. The molecule has 378 valence electrons. The van der Waals surface area contributed by atoms with Crippen LogP contribution >= 0.6 is 0 Å². The van der Waals surface area contributed by atoms with Crippen molar-refractivity contribution in [1.29, 1.82) is 0 Å². The summed E-state index contributed by atoms with van der Waals surface area (Å²) in [7, 11) is -12.5. The highest BCUT2D eigenvalue weighted by Crippen LogP contribution is 2.51. The molecular weight excluding hydrogens is 945 g/mol. The molecule has 21 heteroatoms. The van der Waals surface area contributed by atoms with Gasteiger partial charge in [0.1, 0.15) is 26.8 Å². The van der Waals surface area contributed by atoms with Crippen LogP contribution in [0.25, 0.3) is 0 Å². The third-order valence-corrected chi connectivity index (χ3v) is 14.4. The molecule has 4 rings (SSSR count). The van der Waals surface area contributed by atoms with Crippen molar-refractivity contribution in [3.63, 3.8) is 0 Å². The van der Waals surface area contributed by atoms with Gasteiger partial charge in [-0.2, -0.15) is 4.58 Å². The zero-order valence-corrected chi connectivity index (χ0v) is 41.6. The molecule has 2 aromatic rings. The van der Waals surface area contributed by atoms with E-state index < -0.39 is 57.8 Å². The van der Waals surface area contributed by atoms with Crippen molar-refractivity contribution in [2.45, 2.75) is 86.3 Å². The second kappa shape index (κ2) is 26.2. The Morgan fingerprint density at radius 2 is 1.25 bits per heavy atom. The van der Waals surface area contributed by atoms with Crippen molar-refractivity contribution in [3.8, 4) is 0 Å². The normalized spacial score (nSPS) is 19.4. The highest BCUT2D eigenvalue weighted by molar-refractivity contribution is 7.86. The summed E-state index contributed by atoms with van der Waals surface area (Å²) in [6, 6.07) is 8.45. The number of carbonyl (C=O) groups is 1. The number of allylic oxidation sites excluding steroid dienone is 8. The molecule has 2 aliphatic heterocycles. The van der Waals surface area contributed by atoms with Crippen molar-refractivity contribution < 1.29 is 77.1 Å². The van der Waals surface area contributed by atoms with E-state index in [1.165, 1.54) is 24.3 Å². The van der Waals surface area contributed by atoms with E-state index in [9.17, 15) is 48.8 Å². The van der Waals surface area contributed by atoms with Crippen LogP contribution in [-0.2, 0) is 69.7 Å². The number of ether oxygens (including phenoxy) is 5. The lowest BCUT2D eigenvalue weighted by molar-refractivity contribution is -0.438. The number of methoxy groups -OCH3 is 1. The molecule has 18 nitrogen and oxygen atoms in total. The van der Waals surface area contributed by atoms with Gasteiger partial charge in [-0.05, 0) is 94.8 Å². The number of fused-ring (bicyclic) bond motifs is 2. The summed E-state index contributed by atoms with van der Waals surface area (Å²) in [4.78, 5) is 12.4. The molecular formula is C47H64N2O16S3-2. The Morgan fingerprint density at radius 1 is 0.691 bits per heavy atom. The predicted molar refractivity (Wildman–Crippen MR) is 252 cm³/mol. The number of nitrogens with zero attached hydrogens (tertiary/aromatic N) is 2. The molecule has 0 aliphatic carbocycles. The fourth-order valence-electron chi connectivity index (χ4n) is 8.47. The number of benzene rings is 2. The number of rotatable bonds is 32. The summed E-state index contributed by atoms with van der Waals surface area (Å²) in [5.41, 5.74) is 2.28. The number of hydrogen-bond acceptors (Lipinski definition) is 16. The van der Waals surface area contributed by atoms with E-state index in [-0.39, 0.29) is 37.4 Å². The van der Waals surface area contributed by atoms with Gasteiger partial charge in [-0.1, -0.05) is 30.4 Å². The van der Waals surface area contributed by atoms with Gasteiger partial charge >= 0.3 is 5.97 Å². The minimum Gasteiger partial charge on any atom is -0.748 e. The summed E-state index contributed by atoms with van der Waals surface area (Å²) in [5, 5.41) is 9.18. The van der Waals surface area contributed by atoms with Crippen LogP contribution in [0.2, 0.25) is 0 Å². The molecule has 0 amide bonds. The smallest absolute Gasteiger partial charge is 0.303 e. The molecule has 0 fully saturated rings. The maximum absolute atomic E-state index is 12.3. The first-order valence-electron chi connectivity index (χ1n) is 22.5. The van der Waals surface area contributed by atoms with Gasteiger partial charge in [0.05, 0.1) is 78.2 Å². The fourth-order valence-corrected chi connectivity index (χ4v) is 9.97. The van der Waals surface area contributed by atoms with E-state index in [0.29, 0.717) is 108 Å². The lowest BCUT2D eigenvalue weighted by atomic mass is 9.76. The first-order chi connectivity index (χ1) is 32.2. The van der Waals surface area contributed by atoms with Crippen LogP contribution in [0.5, 0.6) is 0 Å². The number of aliphatic carboxylic acids is 1. The molecule has 2 atom stereocenters. The van der Waals surface area contributed by atoms with E-state index in [1.54, 1.807) is 43.5 Å². The molecule has 0 bridgehead atoms. The molecule has 0 radical (unpaired) electrons.